The number of anilines is 1. The zero-order valence-corrected chi connectivity index (χ0v) is 13.6. The molecule has 1 atom stereocenters. The van der Waals surface area contributed by atoms with Crippen LogP contribution < -0.4 is 5.32 Å². The molecule has 1 N–H and O–H groups in total. The Hall–Kier alpha value is -1.67. The summed E-state index contributed by atoms with van der Waals surface area (Å²) in [7, 11) is -2.98. The molecule has 0 saturated carbocycles. The van der Waals surface area contributed by atoms with Crippen LogP contribution in [0.3, 0.4) is 0 Å². The Morgan fingerprint density at radius 2 is 2.32 bits per heavy atom. The summed E-state index contributed by atoms with van der Waals surface area (Å²) < 4.78 is 24.8. The molecular formula is C14H17N3O3S2. The Morgan fingerprint density at radius 3 is 3.00 bits per heavy atom. The minimum absolute atomic E-state index is 0.0870. The Balaban J connectivity index is 1.61. The molecule has 8 heteroatoms. The largest absolute Gasteiger partial charge is 0.311 e. The van der Waals surface area contributed by atoms with Crippen LogP contribution in [-0.4, -0.2) is 35.6 Å². The zero-order chi connectivity index (χ0) is 15.6. The van der Waals surface area contributed by atoms with Crippen LogP contribution in [0.15, 0.2) is 29.8 Å². The van der Waals surface area contributed by atoms with E-state index in [1.807, 2.05) is 17.5 Å². The van der Waals surface area contributed by atoms with Gasteiger partial charge in [-0.3, -0.25) is 4.79 Å². The van der Waals surface area contributed by atoms with Gasteiger partial charge < -0.3 is 5.32 Å². The number of thiophene rings is 1. The average Bonchev–Trinajstić information content (AvgIpc) is 3.17. The molecule has 0 radical (unpaired) electrons. The van der Waals surface area contributed by atoms with Gasteiger partial charge in [0, 0.05) is 17.4 Å². The Bertz CT molecular complexity index is 750. The molecule has 1 aliphatic rings. The molecule has 3 rings (SSSR count). The summed E-state index contributed by atoms with van der Waals surface area (Å²) in [5, 5.41) is 8.98. The molecule has 1 fully saturated rings. The second kappa shape index (κ2) is 6.21. The van der Waals surface area contributed by atoms with Crippen LogP contribution >= 0.6 is 11.3 Å². The number of aromatic nitrogens is 2. The van der Waals surface area contributed by atoms with E-state index in [2.05, 4.69) is 10.4 Å². The number of carbonyl (C=O) groups excluding carboxylic acids is 1. The number of amides is 1. The molecule has 0 unspecified atom stereocenters. The van der Waals surface area contributed by atoms with Crippen molar-refractivity contribution in [2.75, 3.05) is 16.8 Å². The molecule has 6 nitrogen and oxygen atoms in total. The van der Waals surface area contributed by atoms with Crippen molar-refractivity contribution in [3.63, 3.8) is 0 Å². The average molecular weight is 339 g/mol. The minimum atomic E-state index is -2.98. The van der Waals surface area contributed by atoms with Gasteiger partial charge >= 0.3 is 0 Å². The van der Waals surface area contributed by atoms with Gasteiger partial charge in [0.1, 0.15) is 5.82 Å². The van der Waals surface area contributed by atoms with Crippen molar-refractivity contribution in [3.05, 3.63) is 34.7 Å². The van der Waals surface area contributed by atoms with Gasteiger partial charge in [-0.2, -0.15) is 5.10 Å². The minimum Gasteiger partial charge on any atom is -0.311 e. The third-order valence-corrected chi connectivity index (χ3v) is 6.36. The van der Waals surface area contributed by atoms with Gasteiger partial charge in [0.2, 0.25) is 5.91 Å². The lowest BCUT2D eigenvalue weighted by Crippen LogP contribution is -2.19. The third kappa shape index (κ3) is 3.56. The van der Waals surface area contributed by atoms with Crippen molar-refractivity contribution in [1.82, 2.24) is 9.78 Å². The van der Waals surface area contributed by atoms with Crippen molar-refractivity contribution in [2.24, 2.45) is 0 Å². The maximum absolute atomic E-state index is 12.0. The zero-order valence-electron chi connectivity index (χ0n) is 11.9. The summed E-state index contributed by atoms with van der Waals surface area (Å²) in [4.78, 5) is 13.2. The standard InChI is InChI=1S/C14H17N3O3S2/c18-14(4-3-12-2-1-8-21-12)16-13-5-7-15-17(13)11-6-9-22(19,20)10-11/h1-2,5,7-8,11H,3-4,6,9-10H2,(H,16,18)/t11-/m0/s1. The highest BCUT2D eigenvalue weighted by molar-refractivity contribution is 7.91. The summed E-state index contributed by atoms with van der Waals surface area (Å²) in [6.45, 7) is 0. The third-order valence-electron chi connectivity index (χ3n) is 3.67. The topological polar surface area (TPSA) is 81.1 Å². The predicted molar refractivity (Wildman–Crippen MR) is 85.8 cm³/mol. The lowest BCUT2D eigenvalue weighted by atomic mass is 10.2. The molecule has 1 amide bonds. The van der Waals surface area contributed by atoms with Gasteiger partial charge in [-0.05, 0) is 24.3 Å². The van der Waals surface area contributed by atoms with Gasteiger partial charge in [-0.1, -0.05) is 6.07 Å². The highest BCUT2D eigenvalue weighted by atomic mass is 32.2. The van der Waals surface area contributed by atoms with E-state index in [4.69, 9.17) is 0 Å². The Kier molecular flexibility index (Phi) is 4.30. The monoisotopic (exact) mass is 339 g/mol. The first-order valence-electron chi connectivity index (χ1n) is 7.10. The van der Waals surface area contributed by atoms with E-state index in [-0.39, 0.29) is 23.5 Å². The second-order valence-corrected chi connectivity index (χ2v) is 8.61. The predicted octanol–water partition coefficient (Wildman–Crippen LogP) is 1.88. The molecule has 1 aliphatic heterocycles. The van der Waals surface area contributed by atoms with Crippen LogP contribution in [0.25, 0.3) is 0 Å². The van der Waals surface area contributed by atoms with Crippen molar-refractivity contribution in [2.45, 2.75) is 25.3 Å². The first kappa shape index (κ1) is 15.2. The van der Waals surface area contributed by atoms with Crippen LogP contribution in [0, 0.1) is 0 Å². The van der Waals surface area contributed by atoms with Crippen LogP contribution in [0.1, 0.15) is 23.8 Å². The number of aryl methyl sites for hydroxylation is 1. The maximum Gasteiger partial charge on any atom is 0.225 e. The van der Waals surface area contributed by atoms with E-state index in [9.17, 15) is 13.2 Å². The van der Waals surface area contributed by atoms with Crippen LogP contribution in [0.4, 0.5) is 5.82 Å². The number of hydrogen-bond donors (Lipinski definition) is 1. The van der Waals surface area contributed by atoms with Gasteiger partial charge in [0.15, 0.2) is 9.84 Å². The fourth-order valence-electron chi connectivity index (χ4n) is 2.57. The number of nitrogens with one attached hydrogen (secondary N) is 1. The SMILES string of the molecule is O=C(CCc1cccs1)Nc1ccnn1[C@H]1CCS(=O)(=O)C1. The van der Waals surface area contributed by atoms with E-state index < -0.39 is 9.84 Å². The molecule has 2 aromatic heterocycles. The van der Waals surface area contributed by atoms with Gasteiger partial charge in [0.25, 0.3) is 0 Å². The molecule has 3 heterocycles. The fourth-order valence-corrected chi connectivity index (χ4v) is 4.97. The normalized spacial score (nSPS) is 20.1. The van der Waals surface area contributed by atoms with Gasteiger partial charge in [-0.15, -0.1) is 11.3 Å². The van der Waals surface area contributed by atoms with Crippen LogP contribution in [0.5, 0.6) is 0 Å². The molecule has 0 aromatic carbocycles. The van der Waals surface area contributed by atoms with Crippen molar-refractivity contribution < 1.29 is 13.2 Å². The maximum atomic E-state index is 12.0. The highest BCUT2D eigenvalue weighted by Crippen LogP contribution is 2.26. The Labute approximate surface area is 133 Å². The second-order valence-electron chi connectivity index (χ2n) is 5.35. The van der Waals surface area contributed by atoms with E-state index in [1.54, 1.807) is 28.3 Å². The Morgan fingerprint density at radius 1 is 1.45 bits per heavy atom. The molecular weight excluding hydrogens is 322 g/mol. The first-order chi connectivity index (χ1) is 10.5. The van der Waals surface area contributed by atoms with Crippen LogP contribution in [0.2, 0.25) is 0 Å². The molecule has 22 heavy (non-hydrogen) atoms. The van der Waals surface area contributed by atoms with Gasteiger partial charge in [0.05, 0.1) is 23.7 Å². The number of sulfone groups is 1. The van der Waals surface area contributed by atoms with E-state index in [0.29, 0.717) is 25.1 Å². The van der Waals surface area contributed by atoms with Crippen molar-refractivity contribution in [3.8, 4) is 0 Å². The smallest absolute Gasteiger partial charge is 0.225 e. The van der Waals surface area contributed by atoms with Crippen LogP contribution in [-0.2, 0) is 21.1 Å². The molecule has 0 aliphatic carbocycles. The quantitative estimate of drug-likeness (QED) is 0.902. The molecule has 0 bridgehead atoms. The van der Waals surface area contributed by atoms with Crippen molar-refractivity contribution in [1.29, 1.82) is 0 Å². The van der Waals surface area contributed by atoms with Gasteiger partial charge in [-0.25, -0.2) is 13.1 Å². The van der Waals surface area contributed by atoms with E-state index >= 15 is 0 Å². The number of carbonyl (C=O) groups is 1. The fraction of sp³-hybridized carbons (Fsp3) is 0.429. The first-order valence-corrected chi connectivity index (χ1v) is 9.80. The van der Waals surface area contributed by atoms with E-state index in [1.165, 1.54) is 4.88 Å². The summed E-state index contributed by atoms with van der Waals surface area (Å²) in [5.74, 6) is 0.755. The summed E-state index contributed by atoms with van der Waals surface area (Å²) in [6.07, 6.45) is 3.23. The summed E-state index contributed by atoms with van der Waals surface area (Å²) in [5.41, 5.74) is 0. The molecule has 2 aromatic rings. The molecule has 118 valence electrons. The lowest BCUT2D eigenvalue weighted by Gasteiger charge is -2.13. The number of hydrogen-bond acceptors (Lipinski definition) is 5. The summed E-state index contributed by atoms with van der Waals surface area (Å²) >= 11 is 1.63. The number of rotatable bonds is 5. The van der Waals surface area contributed by atoms with E-state index in [0.717, 1.165) is 0 Å². The van der Waals surface area contributed by atoms with Crippen molar-refractivity contribution >= 4 is 32.9 Å². The highest BCUT2D eigenvalue weighted by Gasteiger charge is 2.30. The number of nitrogens with zero attached hydrogens (tertiary/aromatic N) is 2. The molecule has 1 saturated heterocycles. The summed E-state index contributed by atoms with van der Waals surface area (Å²) in [6, 6.07) is 5.49. The lowest BCUT2D eigenvalue weighted by molar-refractivity contribution is -0.116. The molecule has 0 spiro atoms.